The van der Waals surface area contributed by atoms with Gasteiger partial charge in [0.2, 0.25) is 6.79 Å². The number of ether oxygens (including phenoxy) is 2. The lowest BCUT2D eigenvalue weighted by molar-refractivity contribution is 0.0911. The van der Waals surface area contributed by atoms with Gasteiger partial charge in [-0.3, -0.25) is 4.79 Å². The van der Waals surface area contributed by atoms with Gasteiger partial charge in [0.15, 0.2) is 11.5 Å². The zero-order valence-corrected chi connectivity index (χ0v) is 12.0. The van der Waals surface area contributed by atoms with E-state index in [1.54, 1.807) is 18.2 Å². The number of hydrogen-bond donors (Lipinski definition) is 2. The third kappa shape index (κ3) is 3.28. The minimum Gasteiger partial charge on any atom is -0.454 e. The van der Waals surface area contributed by atoms with E-state index in [-0.39, 0.29) is 18.7 Å². The summed E-state index contributed by atoms with van der Waals surface area (Å²) in [6.45, 7) is 3.82. The monoisotopic (exact) mass is 291 g/mol. The molecule has 6 heteroatoms. The van der Waals surface area contributed by atoms with E-state index in [2.05, 4.69) is 10.2 Å². The van der Waals surface area contributed by atoms with Crippen molar-refractivity contribution in [1.82, 2.24) is 10.2 Å². The van der Waals surface area contributed by atoms with Crippen LogP contribution in [0.5, 0.6) is 11.5 Å². The van der Waals surface area contributed by atoms with E-state index in [0.717, 1.165) is 32.5 Å². The third-order valence-electron chi connectivity index (χ3n) is 4.00. The fraction of sp³-hybridized carbons (Fsp3) is 0.533. The van der Waals surface area contributed by atoms with Crippen molar-refractivity contribution in [3.63, 3.8) is 0 Å². The highest BCUT2D eigenvalue weighted by Gasteiger charge is 2.22. The molecule has 6 nitrogen and oxygen atoms in total. The fourth-order valence-corrected chi connectivity index (χ4v) is 2.79. The summed E-state index contributed by atoms with van der Waals surface area (Å²) in [5.41, 5.74) is 6.18. The van der Waals surface area contributed by atoms with E-state index in [1.807, 2.05) is 0 Å². The lowest BCUT2D eigenvalue weighted by Gasteiger charge is -2.32. The first-order valence-corrected chi connectivity index (χ1v) is 7.39. The number of nitrogens with zero attached hydrogens (tertiary/aromatic N) is 1. The van der Waals surface area contributed by atoms with E-state index in [4.69, 9.17) is 15.2 Å². The standard InChI is InChI=1S/C15H21N3O3/c16-5-8-18-6-3-12(4-7-18)17-15(19)11-1-2-13-14(9-11)21-10-20-13/h1-2,9,12H,3-8,10,16H2,(H,17,19). The summed E-state index contributed by atoms with van der Waals surface area (Å²) in [7, 11) is 0. The van der Waals surface area contributed by atoms with E-state index < -0.39 is 0 Å². The number of hydrogen-bond acceptors (Lipinski definition) is 5. The predicted molar refractivity (Wildman–Crippen MR) is 78.5 cm³/mol. The van der Waals surface area contributed by atoms with Crippen LogP contribution in [0.2, 0.25) is 0 Å². The molecule has 2 aliphatic rings. The second-order valence-corrected chi connectivity index (χ2v) is 5.45. The van der Waals surface area contributed by atoms with Crippen molar-refractivity contribution in [3.05, 3.63) is 23.8 Å². The van der Waals surface area contributed by atoms with Crippen molar-refractivity contribution in [3.8, 4) is 11.5 Å². The lowest BCUT2D eigenvalue weighted by Crippen LogP contribution is -2.45. The van der Waals surface area contributed by atoms with E-state index >= 15 is 0 Å². The Kier molecular flexibility index (Phi) is 4.26. The van der Waals surface area contributed by atoms with Gasteiger partial charge in [-0.2, -0.15) is 0 Å². The molecule has 0 spiro atoms. The molecular formula is C15H21N3O3. The van der Waals surface area contributed by atoms with Gasteiger partial charge in [0.05, 0.1) is 0 Å². The summed E-state index contributed by atoms with van der Waals surface area (Å²) in [4.78, 5) is 14.6. The lowest BCUT2D eigenvalue weighted by atomic mass is 10.0. The summed E-state index contributed by atoms with van der Waals surface area (Å²) in [5, 5.41) is 3.10. The first-order chi connectivity index (χ1) is 10.3. The second kappa shape index (κ2) is 6.32. The molecule has 2 heterocycles. The van der Waals surface area contributed by atoms with Crippen molar-refractivity contribution in [2.75, 3.05) is 33.0 Å². The Morgan fingerprint density at radius 1 is 1.29 bits per heavy atom. The van der Waals surface area contributed by atoms with Crippen LogP contribution in [0.1, 0.15) is 23.2 Å². The van der Waals surface area contributed by atoms with E-state index in [9.17, 15) is 4.79 Å². The van der Waals surface area contributed by atoms with Crippen LogP contribution in [0.4, 0.5) is 0 Å². The molecule has 0 unspecified atom stereocenters. The minimum absolute atomic E-state index is 0.0504. The highest BCUT2D eigenvalue weighted by atomic mass is 16.7. The maximum absolute atomic E-state index is 12.3. The largest absolute Gasteiger partial charge is 0.454 e. The van der Waals surface area contributed by atoms with Crippen LogP contribution >= 0.6 is 0 Å². The number of piperidine rings is 1. The normalized spacial score (nSPS) is 18.7. The Labute approximate surface area is 124 Å². The van der Waals surface area contributed by atoms with Crippen molar-refractivity contribution in [2.45, 2.75) is 18.9 Å². The molecule has 2 aliphatic heterocycles. The number of nitrogens with one attached hydrogen (secondary N) is 1. The first-order valence-electron chi connectivity index (χ1n) is 7.39. The summed E-state index contributed by atoms with van der Waals surface area (Å²) in [6.07, 6.45) is 1.94. The van der Waals surface area contributed by atoms with Crippen molar-refractivity contribution >= 4 is 5.91 Å². The Hall–Kier alpha value is -1.79. The molecule has 1 saturated heterocycles. The Balaban J connectivity index is 1.55. The van der Waals surface area contributed by atoms with Crippen LogP contribution in [0.15, 0.2) is 18.2 Å². The Morgan fingerprint density at radius 3 is 2.81 bits per heavy atom. The number of likely N-dealkylation sites (tertiary alicyclic amines) is 1. The molecule has 0 aliphatic carbocycles. The molecule has 114 valence electrons. The summed E-state index contributed by atoms with van der Waals surface area (Å²) >= 11 is 0. The van der Waals surface area contributed by atoms with Gasteiger partial charge in [0.1, 0.15) is 0 Å². The number of carbonyl (C=O) groups excluding carboxylic acids is 1. The van der Waals surface area contributed by atoms with Gasteiger partial charge in [-0.05, 0) is 31.0 Å². The SMILES string of the molecule is NCCN1CCC(NC(=O)c2ccc3c(c2)OCO3)CC1. The smallest absolute Gasteiger partial charge is 0.251 e. The predicted octanol–water partition coefficient (Wildman–Crippen LogP) is 0.568. The Bertz CT molecular complexity index is 513. The van der Waals surface area contributed by atoms with Gasteiger partial charge in [-0.25, -0.2) is 0 Å². The summed E-state index contributed by atoms with van der Waals surface area (Å²) < 4.78 is 10.5. The number of benzene rings is 1. The van der Waals surface area contributed by atoms with Crippen molar-refractivity contribution in [1.29, 1.82) is 0 Å². The van der Waals surface area contributed by atoms with Gasteiger partial charge in [0.25, 0.3) is 5.91 Å². The number of fused-ring (bicyclic) bond motifs is 1. The van der Waals surface area contributed by atoms with Crippen LogP contribution in [0, 0.1) is 0 Å². The van der Waals surface area contributed by atoms with Gasteiger partial charge in [0, 0.05) is 37.8 Å². The fourth-order valence-electron chi connectivity index (χ4n) is 2.79. The molecule has 0 aromatic heterocycles. The van der Waals surface area contributed by atoms with Crippen LogP contribution in [-0.4, -0.2) is 49.8 Å². The zero-order valence-electron chi connectivity index (χ0n) is 12.0. The average molecular weight is 291 g/mol. The molecule has 1 aromatic rings. The third-order valence-corrected chi connectivity index (χ3v) is 4.00. The molecule has 0 bridgehead atoms. The van der Waals surface area contributed by atoms with Gasteiger partial charge in [-0.15, -0.1) is 0 Å². The molecule has 21 heavy (non-hydrogen) atoms. The molecular weight excluding hydrogens is 270 g/mol. The average Bonchev–Trinajstić information content (AvgIpc) is 2.97. The second-order valence-electron chi connectivity index (χ2n) is 5.45. The molecule has 3 N–H and O–H groups in total. The molecule has 0 saturated carbocycles. The van der Waals surface area contributed by atoms with E-state index in [0.29, 0.717) is 23.6 Å². The minimum atomic E-state index is -0.0504. The van der Waals surface area contributed by atoms with Crippen LogP contribution in [-0.2, 0) is 0 Å². The number of rotatable bonds is 4. The van der Waals surface area contributed by atoms with Crippen molar-refractivity contribution in [2.24, 2.45) is 5.73 Å². The first kappa shape index (κ1) is 14.2. The van der Waals surface area contributed by atoms with Gasteiger partial charge in [-0.1, -0.05) is 0 Å². The highest BCUT2D eigenvalue weighted by Crippen LogP contribution is 2.32. The topological polar surface area (TPSA) is 76.8 Å². The van der Waals surface area contributed by atoms with Crippen molar-refractivity contribution < 1.29 is 14.3 Å². The molecule has 1 amide bonds. The van der Waals surface area contributed by atoms with Crippen LogP contribution < -0.4 is 20.5 Å². The van der Waals surface area contributed by atoms with Crippen LogP contribution in [0.3, 0.4) is 0 Å². The summed E-state index contributed by atoms with van der Waals surface area (Å²) in [5.74, 6) is 1.28. The molecule has 3 rings (SSSR count). The number of nitrogens with two attached hydrogens (primary N) is 1. The highest BCUT2D eigenvalue weighted by molar-refractivity contribution is 5.95. The van der Waals surface area contributed by atoms with Gasteiger partial charge < -0.3 is 25.4 Å². The molecule has 0 radical (unpaired) electrons. The van der Waals surface area contributed by atoms with Crippen LogP contribution in [0.25, 0.3) is 0 Å². The van der Waals surface area contributed by atoms with E-state index in [1.165, 1.54) is 0 Å². The quantitative estimate of drug-likeness (QED) is 0.848. The summed E-state index contributed by atoms with van der Waals surface area (Å²) in [6, 6.07) is 5.52. The zero-order chi connectivity index (χ0) is 14.7. The number of amides is 1. The Morgan fingerprint density at radius 2 is 2.05 bits per heavy atom. The molecule has 1 aromatic carbocycles. The maximum Gasteiger partial charge on any atom is 0.251 e. The maximum atomic E-state index is 12.3. The molecule has 0 atom stereocenters. The van der Waals surface area contributed by atoms with Gasteiger partial charge >= 0.3 is 0 Å². The number of carbonyl (C=O) groups is 1. The molecule has 1 fully saturated rings.